The van der Waals surface area contributed by atoms with Gasteiger partial charge in [-0.3, -0.25) is 9.48 Å². The van der Waals surface area contributed by atoms with E-state index in [1.165, 1.54) is 0 Å². The van der Waals surface area contributed by atoms with E-state index in [9.17, 15) is 4.79 Å². The molecule has 0 saturated heterocycles. The monoisotopic (exact) mass is 347 g/mol. The molecule has 0 spiro atoms. The molecular weight excluding hydrogens is 330 g/mol. The highest BCUT2D eigenvalue weighted by atomic mass is 16.5. The average Bonchev–Trinajstić information content (AvgIpc) is 2.94. The van der Waals surface area contributed by atoms with Gasteiger partial charge in [-0.2, -0.15) is 5.10 Å². The van der Waals surface area contributed by atoms with Crippen LogP contribution in [0.25, 0.3) is 21.9 Å². The highest BCUT2D eigenvalue weighted by molar-refractivity contribution is 6.06. The van der Waals surface area contributed by atoms with E-state index in [-0.39, 0.29) is 5.91 Å². The molecule has 1 N–H and O–H groups in total. The van der Waals surface area contributed by atoms with Gasteiger partial charge in [0.15, 0.2) is 5.65 Å². The molecule has 1 amide bonds. The van der Waals surface area contributed by atoms with E-state index < -0.39 is 0 Å². The molecule has 0 unspecified atom stereocenters. The van der Waals surface area contributed by atoms with E-state index in [4.69, 9.17) is 4.74 Å². The number of hydrogen-bond donors (Lipinski definition) is 1. The molecule has 0 atom stereocenters. The van der Waals surface area contributed by atoms with Crippen molar-refractivity contribution < 1.29 is 9.53 Å². The van der Waals surface area contributed by atoms with E-state index in [0.29, 0.717) is 17.1 Å². The van der Waals surface area contributed by atoms with Gasteiger partial charge >= 0.3 is 0 Å². The molecule has 0 bridgehead atoms. The molecule has 3 heterocycles. The quantitative estimate of drug-likeness (QED) is 0.616. The average molecular weight is 347 g/mol. The normalized spacial score (nSPS) is 11.0. The van der Waals surface area contributed by atoms with Crippen LogP contribution < -0.4 is 10.1 Å². The van der Waals surface area contributed by atoms with Crippen molar-refractivity contribution in [3.8, 4) is 5.88 Å². The van der Waals surface area contributed by atoms with Crippen molar-refractivity contribution in [2.45, 2.75) is 6.92 Å². The Morgan fingerprint density at radius 3 is 2.85 bits per heavy atom. The Morgan fingerprint density at radius 1 is 1.19 bits per heavy atom. The zero-order valence-electron chi connectivity index (χ0n) is 14.6. The summed E-state index contributed by atoms with van der Waals surface area (Å²) in [6.45, 7) is 1.90. The van der Waals surface area contributed by atoms with E-state index in [1.54, 1.807) is 24.1 Å². The summed E-state index contributed by atoms with van der Waals surface area (Å²) in [5, 5.41) is 9.02. The molecule has 3 aromatic heterocycles. The van der Waals surface area contributed by atoms with Crippen molar-refractivity contribution in [3.05, 3.63) is 53.9 Å². The van der Waals surface area contributed by atoms with Crippen molar-refractivity contribution in [2.75, 3.05) is 12.4 Å². The van der Waals surface area contributed by atoms with Crippen LogP contribution in [0, 0.1) is 6.92 Å². The fraction of sp³-hybridized carbons (Fsp3) is 0.158. The number of carbonyl (C=O) groups is 1. The first-order valence-electron chi connectivity index (χ1n) is 8.10. The molecule has 26 heavy (non-hydrogen) atoms. The third-order valence-electron chi connectivity index (χ3n) is 4.26. The molecule has 0 aliphatic carbocycles. The van der Waals surface area contributed by atoms with E-state index in [1.807, 2.05) is 44.3 Å². The molecule has 0 aliphatic rings. The first-order chi connectivity index (χ1) is 12.5. The molecular formula is C19H17N5O2. The number of aryl methyl sites for hydroxylation is 2. The van der Waals surface area contributed by atoms with Gasteiger partial charge in [0.1, 0.15) is 0 Å². The van der Waals surface area contributed by atoms with Gasteiger partial charge in [-0.15, -0.1) is 0 Å². The van der Waals surface area contributed by atoms with Crippen LogP contribution in [0.5, 0.6) is 5.88 Å². The van der Waals surface area contributed by atoms with Gasteiger partial charge in [0, 0.05) is 35.8 Å². The molecule has 0 radical (unpaired) electrons. The molecule has 7 nitrogen and oxygen atoms in total. The van der Waals surface area contributed by atoms with Gasteiger partial charge in [0.2, 0.25) is 5.88 Å². The Balaban J connectivity index is 1.63. The number of fused-ring (bicyclic) bond motifs is 2. The molecule has 7 heteroatoms. The maximum Gasteiger partial charge on any atom is 0.257 e. The highest BCUT2D eigenvalue weighted by Crippen LogP contribution is 2.22. The van der Waals surface area contributed by atoms with Crippen molar-refractivity contribution in [3.63, 3.8) is 0 Å². The topological polar surface area (TPSA) is 81.9 Å². The molecule has 130 valence electrons. The predicted octanol–water partition coefficient (Wildman–Crippen LogP) is 3.09. The summed E-state index contributed by atoms with van der Waals surface area (Å²) in [5.41, 5.74) is 3.58. The van der Waals surface area contributed by atoms with Crippen LogP contribution in [0.1, 0.15) is 16.1 Å². The fourth-order valence-corrected chi connectivity index (χ4v) is 2.93. The first kappa shape index (κ1) is 16.0. The van der Waals surface area contributed by atoms with Gasteiger partial charge in [0.05, 0.1) is 23.9 Å². The minimum absolute atomic E-state index is 0.219. The number of methoxy groups -OCH3 is 1. The van der Waals surface area contributed by atoms with Crippen molar-refractivity contribution in [2.24, 2.45) is 7.05 Å². The van der Waals surface area contributed by atoms with E-state index in [2.05, 4.69) is 20.4 Å². The van der Waals surface area contributed by atoms with Gasteiger partial charge in [0.25, 0.3) is 5.91 Å². The SMILES string of the molecule is COc1ccc2cc(NC(=O)c3cnc4c(c3)c(C)nn4C)ccc2n1. The molecule has 1 aromatic carbocycles. The first-order valence-corrected chi connectivity index (χ1v) is 8.10. The van der Waals surface area contributed by atoms with E-state index >= 15 is 0 Å². The summed E-state index contributed by atoms with van der Waals surface area (Å²) in [5.74, 6) is 0.337. The Hall–Kier alpha value is -3.48. The molecule has 0 fully saturated rings. The third-order valence-corrected chi connectivity index (χ3v) is 4.26. The van der Waals surface area contributed by atoms with Crippen LogP contribution in [0.2, 0.25) is 0 Å². The number of amides is 1. The maximum absolute atomic E-state index is 12.6. The Bertz CT molecular complexity index is 1150. The number of rotatable bonds is 3. The van der Waals surface area contributed by atoms with Crippen LogP contribution in [0.3, 0.4) is 0 Å². The van der Waals surface area contributed by atoms with Crippen LogP contribution >= 0.6 is 0 Å². The number of ether oxygens (including phenoxy) is 1. The molecule has 0 saturated carbocycles. The zero-order valence-corrected chi connectivity index (χ0v) is 14.6. The van der Waals surface area contributed by atoms with Gasteiger partial charge in [-0.25, -0.2) is 9.97 Å². The molecule has 4 rings (SSSR count). The largest absolute Gasteiger partial charge is 0.481 e. The summed E-state index contributed by atoms with van der Waals surface area (Å²) in [4.78, 5) is 21.3. The Morgan fingerprint density at radius 2 is 2.04 bits per heavy atom. The van der Waals surface area contributed by atoms with Gasteiger partial charge in [-0.05, 0) is 37.3 Å². The number of hydrogen-bond acceptors (Lipinski definition) is 5. The number of anilines is 1. The molecule has 0 aliphatic heterocycles. The Kier molecular flexibility index (Phi) is 3.76. The second kappa shape index (κ2) is 6.11. The number of nitrogens with zero attached hydrogens (tertiary/aromatic N) is 4. The number of pyridine rings is 2. The van der Waals surface area contributed by atoms with Crippen molar-refractivity contribution >= 4 is 33.5 Å². The van der Waals surface area contributed by atoms with Gasteiger partial charge in [-0.1, -0.05) is 0 Å². The molecule has 4 aromatic rings. The number of carbonyl (C=O) groups excluding carboxylic acids is 1. The lowest BCUT2D eigenvalue weighted by atomic mass is 10.1. The lowest BCUT2D eigenvalue weighted by Gasteiger charge is -2.07. The summed E-state index contributed by atoms with van der Waals surface area (Å²) in [7, 11) is 3.41. The highest BCUT2D eigenvalue weighted by Gasteiger charge is 2.12. The predicted molar refractivity (Wildman–Crippen MR) is 99.5 cm³/mol. The number of aromatic nitrogens is 4. The maximum atomic E-state index is 12.6. The summed E-state index contributed by atoms with van der Waals surface area (Å²) >= 11 is 0. The summed E-state index contributed by atoms with van der Waals surface area (Å²) in [6.07, 6.45) is 1.56. The lowest BCUT2D eigenvalue weighted by molar-refractivity contribution is 0.102. The van der Waals surface area contributed by atoms with Gasteiger partial charge < -0.3 is 10.1 Å². The Labute approximate surface area is 149 Å². The zero-order chi connectivity index (χ0) is 18.3. The van der Waals surface area contributed by atoms with Crippen LogP contribution in [0.4, 0.5) is 5.69 Å². The number of nitrogens with one attached hydrogen (secondary N) is 1. The fourth-order valence-electron chi connectivity index (χ4n) is 2.93. The summed E-state index contributed by atoms with van der Waals surface area (Å²) in [6, 6.07) is 11.0. The second-order valence-electron chi connectivity index (χ2n) is 6.02. The minimum Gasteiger partial charge on any atom is -0.481 e. The van der Waals surface area contributed by atoms with E-state index in [0.717, 1.165) is 27.6 Å². The van der Waals surface area contributed by atoms with Crippen LogP contribution in [-0.2, 0) is 7.05 Å². The standard InChI is InChI=1S/C19H17N5O2/c1-11-15-9-13(10-20-18(15)24(2)23-11)19(25)21-14-5-6-16-12(8-14)4-7-17(22-16)26-3/h4-10H,1-3H3,(H,21,25). The van der Waals surface area contributed by atoms with Crippen molar-refractivity contribution in [1.29, 1.82) is 0 Å². The van der Waals surface area contributed by atoms with Crippen LogP contribution in [-0.4, -0.2) is 32.8 Å². The third kappa shape index (κ3) is 2.73. The van der Waals surface area contributed by atoms with Crippen LogP contribution in [0.15, 0.2) is 42.6 Å². The minimum atomic E-state index is -0.219. The second-order valence-corrected chi connectivity index (χ2v) is 6.02. The summed E-state index contributed by atoms with van der Waals surface area (Å²) < 4.78 is 6.83. The lowest BCUT2D eigenvalue weighted by Crippen LogP contribution is -2.12. The smallest absolute Gasteiger partial charge is 0.257 e. The number of benzene rings is 1. The van der Waals surface area contributed by atoms with Crippen molar-refractivity contribution in [1.82, 2.24) is 19.7 Å².